The van der Waals surface area contributed by atoms with Crippen LogP contribution in [0.25, 0.3) is 10.8 Å². The second-order valence-corrected chi connectivity index (χ2v) is 9.56. The smallest absolute Gasteiger partial charge is 0.405 e. The monoisotopic (exact) mass is 420 g/mol. The van der Waals surface area contributed by atoms with E-state index in [0.717, 1.165) is 34.2 Å². The second kappa shape index (κ2) is 8.96. The highest BCUT2D eigenvalue weighted by Crippen LogP contribution is 2.34. The molecule has 164 valence electrons. The molecule has 5 nitrogen and oxygen atoms in total. The molecule has 2 aromatic carbocycles. The Hall–Kier alpha value is -3.08. The van der Waals surface area contributed by atoms with E-state index in [-0.39, 0.29) is 11.5 Å². The summed E-state index contributed by atoms with van der Waals surface area (Å²) in [6, 6.07) is 18.4. The summed E-state index contributed by atoms with van der Waals surface area (Å²) in [5.74, 6) is 0.878. The average molecular weight is 421 g/mol. The van der Waals surface area contributed by atoms with Gasteiger partial charge in [0.2, 0.25) is 0 Å². The zero-order valence-electron chi connectivity index (χ0n) is 19.0. The molecule has 0 spiro atoms. The van der Waals surface area contributed by atoms with Crippen LogP contribution in [0.4, 0.5) is 4.79 Å². The lowest BCUT2D eigenvalue weighted by Gasteiger charge is -2.29. The number of hydrogen-bond acceptors (Lipinski definition) is 4. The van der Waals surface area contributed by atoms with Crippen molar-refractivity contribution in [3.05, 3.63) is 72.1 Å². The van der Waals surface area contributed by atoms with Crippen LogP contribution in [0.3, 0.4) is 0 Å². The first-order valence-electron chi connectivity index (χ1n) is 10.6. The van der Waals surface area contributed by atoms with Crippen LogP contribution < -0.4 is 10.5 Å². The summed E-state index contributed by atoms with van der Waals surface area (Å²) in [6.45, 7) is 9.87. The number of nitrogens with zero attached hydrogens (tertiary/aromatic N) is 1. The molecule has 0 saturated heterocycles. The summed E-state index contributed by atoms with van der Waals surface area (Å²) in [7, 11) is 0. The predicted octanol–water partition coefficient (Wildman–Crippen LogP) is 6.00. The maximum absolute atomic E-state index is 11.4. The fourth-order valence-electron chi connectivity index (χ4n) is 3.97. The molecule has 1 atom stereocenters. The maximum Gasteiger partial charge on any atom is 0.405 e. The van der Waals surface area contributed by atoms with Crippen molar-refractivity contribution in [2.75, 3.05) is 0 Å². The summed E-state index contributed by atoms with van der Waals surface area (Å²) in [6.07, 6.45) is 2.42. The van der Waals surface area contributed by atoms with Crippen LogP contribution in [0.1, 0.15) is 58.2 Å². The molecular formula is C26H32N2O3. The molecule has 31 heavy (non-hydrogen) atoms. The lowest BCUT2D eigenvalue weighted by molar-refractivity contribution is 0.0334. The molecule has 0 radical (unpaired) electrons. The van der Waals surface area contributed by atoms with Crippen molar-refractivity contribution in [1.82, 2.24) is 4.98 Å². The van der Waals surface area contributed by atoms with E-state index in [1.165, 1.54) is 0 Å². The first-order valence-corrected chi connectivity index (χ1v) is 10.6. The number of rotatable bonds is 7. The molecule has 2 N–H and O–H groups in total. The average Bonchev–Trinajstić information content (AvgIpc) is 2.66. The van der Waals surface area contributed by atoms with E-state index < -0.39 is 11.7 Å². The SMILES string of the molecule is CC(C)(C)Oc1ccc(CC(CC(C)(C)OC(N)=O)c2nccc3ccccc23)cc1. The Morgan fingerprint density at radius 2 is 1.68 bits per heavy atom. The molecule has 5 heteroatoms. The number of amides is 1. The quantitative estimate of drug-likeness (QED) is 0.508. The van der Waals surface area contributed by atoms with Crippen molar-refractivity contribution in [2.24, 2.45) is 5.73 Å². The van der Waals surface area contributed by atoms with Crippen LogP contribution in [0.5, 0.6) is 5.75 Å². The van der Waals surface area contributed by atoms with Crippen molar-refractivity contribution in [3.8, 4) is 5.75 Å². The first-order chi connectivity index (χ1) is 14.5. The van der Waals surface area contributed by atoms with E-state index in [1.807, 2.05) is 71.1 Å². The van der Waals surface area contributed by atoms with Crippen molar-refractivity contribution >= 4 is 16.9 Å². The molecule has 1 amide bonds. The number of nitrogens with two attached hydrogens (primary N) is 1. The van der Waals surface area contributed by atoms with E-state index in [2.05, 4.69) is 24.3 Å². The number of fused-ring (bicyclic) bond motifs is 1. The van der Waals surface area contributed by atoms with Gasteiger partial charge in [-0.25, -0.2) is 4.79 Å². The number of hydrogen-bond donors (Lipinski definition) is 1. The Kier molecular flexibility index (Phi) is 6.54. The number of carbonyl (C=O) groups excluding carboxylic acids is 1. The van der Waals surface area contributed by atoms with Crippen molar-refractivity contribution in [3.63, 3.8) is 0 Å². The van der Waals surface area contributed by atoms with Gasteiger partial charge in [0.15, 0.2) is 0 Å². The summed E-state index contributed by atoms with van der Waals surface area (Å²) >= 11 is 0. The van der Waals surface area contributed by atoms with E-state index in [9.17, 15) is 4.79 Å². The standard InChI is InChI=1S/C26H32N2O3/c1-25(2,3)30-21-12-10-18(11-13-21)16-20(17-26(4,5)31-24(27)29)23-22-9-7-6-8-19(22)14-15-28-23/h6-15,20H,16-17H2,1-5H3,(H2,27,29). The summed E-state index contributed by atoms with van der Waals surface area (Å²) < 4.78 is 11.3. The highest BCUT2D eigenvalue weighted by molar-refractivity contribution is 5.84. The third-order valence-corrected chi connectivity index (χ3v) is 5.04. The van der Waals surface area contributed by atoms with Gasteiger partial charge in [0.25, 0.3) is 0 Å². The summed E-state index contributed by atoms with van der Waals surface area (Å²) in [5, 5.41) is 2.25. The van der Waals surface area contributed by atoms with Gasteiger partial charge in [-0.1, -0.05) is 36.4 Å². The molecule has 1 aromatic heterocycles. The first kappa shape index (κ1) is 22.6. The Bertz CT molecular complexity index is 1030. The summed E-state index contributed by atoms with van der Waals surface area (Å²) in [4.78, 5) is 16.2. The van der Waals surface area contributed by atoms with Crippen molar-refractivity contribution in [2.45, 2.75) is 64.6 Å². The zero-order valence-corrected chi connectivity index (χ0v) is 19.0. The highest BCUT2D eigenvalue weighted by atomic mass is 16.6. The fourth-order valence-corrected chi connectivity index (χ4v) is 3.97. The second-order valence-electron chi connectivity index (χ2n) is 9.56. The van der Waals surface area contributed by atoms with E-state index in [0.29, 0.717) is 6.42 Å². The largest absolute Gasteiger partial charge is 0.488 e. The Morgan fingerprint density at radius 3 is 2.32 bits per heavy atom. The molecule has 1 unspecified atom stereocenters. The predicted molar refractivity (Wildman–Crippen MR) is 124 cm³/mol. The van der Waals surface area contributed by atoms with E-state index >= 15 is 0 Å². The molecule has 0 saturated carbocycles. The maximum atomic E-state index is 11.4. The number of ether oxygens (including phenoxy) is 2. The third kappa shape index (κ3) is 6.45. The van der Waals surface area contributed by atoms with Crippen LogP contribution in [-0.4, -0.2) is 22.3 Å². The molecule has 3 aromatic rings. The van der Waals surface area contributed by atoms with Gasteiger partial charge in [0, 0.05) is 17.5 Å². The number of primary amides is 1. The topological polar surface area (TPSA) is 74.4 Å². The number of pyridine rings is 1. The molecular weight excluding hydrogens is 388 g/mol. The highest BCUT2D eigenvalue weighted by Gasteiger charge is 2.29. The van der Waals surface area contributed by atoms with Gasteiger partial charge < -0.3 is 15.2 Å². The van der Waals surface area contributed by atoms with Gasteiger partial charge in [-0.2, -0.15) is 0 Å². The van der Waals surface area contributed by atoms with Crippen LogP contribution in [0.15, 0.2) is 60.8 Å². The number of benzene rings is 2. The fraction of sp³-hybridized carbons (Fsp3) is 0.385. The number of carbonyl (C=O) groups is 1. The molecule has 3 rings (SSSR count). The molecule has 0 aliphatic heterocycles. The van der Waals surface area contributed by atoms with Gasteiger partial charge in [0.1, 0.15) is 17.0 Å². The van der Waals surface area contributed by atoms with Gasteiger partial charge in [0.05, 0.1) is 5.69 Å². The van der Waals surface area contributed by atoms with Crippen LogP contribution in [-0.2, 0) is 11.2 Å². The van der Waals surface area contributed by atoms with Gasteiger partial charge in [-0.05, 0) is 76.6 Å². The summed E-state index contributed by atoms with van der Waals surface area (Å²) in [5.41, 5.74) is 6.51. The van der Waals surface area contributed by atoms with E-state index in [1.54, 1.807) is 0 Å². The molecule has 0 fully saturated rings. The molecule has 0 aliphatic carbocycles. The Morgan fingerprint density at radius 1 is 1.00 bits per heavy atom. The minimum atomic E-state index is -0.765. The Labute approximate surface area is 184 Å². The van der Waals surface area contributed by atoms with Crippen LogP contribution in [0, 0.1) is 0 Å². The van der Waals surface area contributed by atoms with Crippen molar-refractivity contribution in [1.29, 1.82) is 0 Å². The zero-order chi connectivity index (χ0) is 22.6. The van der Waals surface area contributed by atoms with Crippen molar-refractivity contribution < 1.29 is 14.3 Å². The lowest BCUT2D eigenvalue weighted by Crippen LogP contribution is -2.33. The molecule has 1 heterocycles. The number of aromatic nitrogens is 1. The van der Waals surface area contributed by atoms with Gasteiger partial charge in [-0.15, -0.1) is 0 Å². The minimum absolute atomic E-state index is 0.0369. The molecule has 0 bridgehead atoms. The Balaban J connectivity index is 1.93. The van der Waals surface area contributed by atoms with E-state index in [4.69, 9.17) is 20.2 Å². The normalized spacial score (nSPS) is 13.1. The van der Waals surface area contributed by atoms with Crippen LogP contribution >= 0.6 is 0 Å². The van der Waals surface area contributed by atoms with Gasteiger partial charge in [-0.3, -0.25) is 4.98 Å². The minimum Gasteiger partial charge on any atom is -0.488 e. The van der Waals surface area contributed by atoms with Gasteiger partial charge >= 0.3 is 6.09 Å². The molecule has 0 aliphatic rings. The lowest BCUT2D eigenvalue weighted by atomic mass is 9.84. The van der Waals surface area contributed by atoms with Crippen LogP contribution in [0.2, 0.25) is 0 Å². The third-order valence-electron chi connectivity index (χ3n) is 5.04.